The molecule has 1 N–H and O–H groups in total. The van der Waals surface area contributed by atoms with E-state index in [1.807, 2.05) is 0 Å². The van der Waals surface area contributed by atoms with E-state index in [9.17, 15) is 9.90 Å². The van der Waals surface area contributed by atoms with E-state index >= 15 is 0 Å². The van der Waals surface area contributed by atoms with Crippen molar-refractivity contribution in [2.24, 2.45) is 23.2 Å². The summed E-state index contributed by atoms with van der Waals surface area (Å²) in [6.45, 7) is 10.3. The lowest BCUT2D eigenvalue weighted by Gasteiger charge is -2.39. The Morgan fingerprint density at radius 2 is 1.85 bits per heavy atom. The minimum atomic E-state index is 0.249. The number of hydrogen-bond acceptors (Lipinski definition) is 3. The molecule has 0 spiro atoms. The maximum Gasteiger partial charge on any atom is 0.137 e. The fourth-order valence-electron chi connectivity index (χ4n) is 3.74. The van der Waals surface area contributed by atoms with Crippen molar-refractivity contribution in [1.82, 2.24) is 4.90 Å². The highest BCUT2D eigenvalue weighted by atomic mass is 16.3. The van der Waals surface area contributed by atoms with Crippen LogP contribution in [0.5, 0.6) is 0 Å². The van der Waals surface area contributed by atoms with Crippen LogP contribution in [0.3, 0.4) is 0 Å². The summed E-state index contributed by atoms with van der Waals surface area (Å²) in [4.78, 5) is 14.6. The van der Waals surface area contributed by atoms with Crippen LogP contribution in [0.15, 0.2) is 0 Å². The number of aliphatic hydroxyl groups excluding tert-OH is 1. The highest BCUT2D eigenvalue weighted by Gasteiger charge is 2.35. The van der Waals surface area contributed by atoms with Crippen molar-refractivity contribution in [3.8, 4) is 0 Å². The fourth-order valence-corrected chi connectivity index (χ4v) is 3.74. The molecule has 1 saturated carbocycles. The molecule has 0 bridgehead atoms. The third-order valence-electron chi connectivity index (χ3n) is 5.43. The van der Waals surface area contributed by atoms with E-state index in [1.165, 1.54) is 0 Å². The van der Waals surface area contributed by atoms with Gasteiger partial charge in [-0.05, 0) is 56.0 Å². The average molecular weight is 281 g/mol. The molecule has 0 aromatic heterocycles. The second-order valence-electron chi connectivity index (χ2n) is 7.93. The third kappa shape index (κ3) is 4.05. The molecule has 0 aromatic carbocycles. The maximum absolute atomic E-state index is 12.2. The van der Waals surface area contributed by atoms with Crippen LogP contribution in [0.1, 0.15) is 52.9 Å². The largest absolute Gasteiger partial charge is 0.396 e. The van der Waals surface area contributed by atoms with Crippen LogP contribution in [-0.2, 0) is 4.79 Å². The number of ketones is 1. The van der Waals surface area contributed by atoms with Gasteiger partial charge in [0.2, 0.25) is 0 Å². The predicted molar refractivity (Wildman–Crippen MR) is 81.5 cm³/mol. The van der Waals surface area contributed by atoms with Crippen LogP contribution < -0.4 is 0 Å². The molecule has 2 rings (SSSR count). The molecule has 116 valence electrons. The summed E-state index contributed by atoms with van der Waals surface area (Å²) in [5, 5.41) is 9.19. The molecule has 0 amide bonds. The molecule has 1 aliphatic heterocycles. The number of nitrogens with zero attached hydrogens (tertiary/aromatic N) is 1. The first-order valence-electron chi connectivity index (χ1n) is 8.26. The van der Waals surface area contributed by atoms with Crippen molar-refractivity contribution in [2.75, 3.05) is 26.2 Å². The molecule has 1 heterocycles. The van der Waals surface area contributed by atoms with Crippen LogP contribution in [0.2, 0.25) is 0 Å². The molecule has 0 aromatic rings. The zero-order chi connectivity index (χ0) is 14.8. The lowest BCUT2D eigenvalue weighted by molar-refractivity contribution is -0.127. The van der Waals surface area contributed by atoms with E-state index in [0.717, 1.165) is 51.7 Å². The van der Waals surface area contributed by atoms with Crippen LogP contribution >= 0.6 is 0 Å². The maximum atomic E-state index is 12.2. The normalized spacial score (nSPS) is 30.7. The Labute approximate surface area is 123 Å². The molecular weight excluding hydrogens is 250 g/mol. The van der Waals surface area contributed by atoms with Gasteiger partial charge in [0.05, 0.1) is 0 Å². The SMILES string of the molecule is CC(C)(C)C1CCC(=O)C(CN2CCC(CO)CC2)C1. The van der Waals surface area contributed by atoms with Gasteiger partial charge in [-0.2, -0.15) is 0 Å². The van der Waals surface area contributed by atoms with Crippen molar-refractivity contribution < 1.29 is 9.90 Å². The number of hydrogen-bond donors (Lipinski definition) is 1. The Balaban J connectivity index is 1.86. The zero-order valence-electron chi connectivity index (χ0n) is 13.4. The minimum Gasteiger partial charge on any atom is -0.396 e. The molecule has 2 unspecified atom stereocenters. The summed E-state index contributed by atoms with van der Waals surface area (Å²) in [5.41, 5.74) is 0.322. The van der Waals surface area contributed by atoms with Crippen LogP contribution in [0.4, 0.5) is 0 Å². The van der Waals surface area contributed by atoms with E-state index in [0.29, 0.717) is 29.6 Å². The quantitative estimate of drug-likeness (QED) is 0.864. The smallest absolute Gasteiger partial charge is 0.137 e. The third-order valence-corrected chi connectivity index (χ3v) is 5.43. The lowest BCUT2D eigenvalue weighted by atomic mass is 9.68. The average Bonchev–Trinajstić information content (AvgIpc) is 2.41. The van der Waals surface area contributed by atoms with E-state index in [-0.39, 0.29) is 5.92 Å². The molecular formula is C17H31NO2. The Kier molecular flexibility index (Phi) is 5.25. The first kappa shape index (κ1) is 16.0. The molecule has 0 radical (unpaired) electrons. The topological polar surface area (TPSA) is 40.5 Å². The van der Waals surface area contributed by atoms with Crippen molar-refractivity contribution >= 4 is 5.78 Å². The van der Waals surface area contributed by atoms with Gasteiger partial charge < -0.3 is 10.0 Å². The van der Waals surface area contributed by atoms with Crippen LogP contribution in [0, 0.1) is 23.2 Å². The van der Waals surface area contributed by atoms with Crippen LogP contribution in [0.25, 0.3) is 0 Å². The Bertz CT molecular complexity index is 326. The second kappa shape index (κ2) is 6.57. The molecule has 3 nitrogen and oxygen atoms in total. The number of carbonyl (C=O) groups is 1. The number of carbonyl (C=O) groups excluding carboxylic acids is 1. The molecule has 1 saturated heterocycles. The number of piperidine rings is 1. The highest BCUT2D eigenvalue weighted by Crippen LogP contribution is 2.39. The number of Topliss-reactive ketones (excluding diaryl/α,β-unsaturated/α-hetero) is 1. The molecule has 2 atom stereocenters. The molecule has 1 aliphatic carbocycles. The van der Waals surface area contributed by atoms with E-state index in [1.54, 1.807) is 0 Å². The van der Waals surface area contributed by atoms with E-state index in [2.05, 4.69) is 25.7 Å². The lowest BCUT2D eigenvalue weighted by Crippen LogP contribution is -2.42. The second-order valence-corrected chi connectivity index (χ2v) is 7.93. The standard InChI is InChI=1S/C17H31NO2/c1-17(2,3)15-4-5-16(20)14(10-15)11-18-8-6-13(12-19)7-9-18/h13-15,19H,4-12H2,1-3H3. The summed E-state index contributed by atoms with van der Waals surface area (Å²) in [7, 11) is 0. The first-order chi connectivity index (χ1) is 9.40. The minimum absolute atomic E-state index is 0.249. The van der Waals surface area contributed by atoms with Crippen molar-refractivity contribution in [3.05, 3.63) is 0 Å². The fraction of sp³-hybridized carbons (Fsp3) is 0.941. The van der Waals surface area contributed by atoms with Gasteiger partial charge in [0, 0.05) is 25.5 Å². The van der Waals surface area contributed by atoms with Crippen molar-refractivity contribution in [1.29, 1.82) is 0 Å². The Hall–Kier alpha value is -0.410. The van der Waals surface area contributed by atoms with Gasteiger partial charge in [0.15, 0.2) is 0 Å². The zero-order valence-corrected chi connectivity index (χ0v) is 13.4. The van der Waals surface area contributed by atoms with Crippen molar-refractivity contribution in [2.45, 2.75) is 52.9 Å². The summed E-state index contributed by atoms with van der Waals surface area (Å²) in [6, 6.07) is 0. The molecule has 2 fully saturated rings. The number of likely N-dealkylation sites (tertiary alicyclic amines) is 1. The monoisotopic (exact) mass is 281 g/mol. The summed E-state index contributed by atoms with van der Waals surface area (Å²) < 4.78 is 0. The summed E-state index contributed by atoms with van der Waals surface area (Å²) in [6.07, 6.45) is 5.09. The van der Waals surface area contributed by atoms with Gasteiger partial charge in [-0.25, -0.2) is 0 Å². The predicted octanol–water partition coefficient (Wildman–Crippen LogP) is 2.72. The van der Waals surface area contributed by atoms with Gasteiger partial charge in [-0.1, -0.05) is 20.8 Å². The Morgan fingerprint density at radius 1 is 1.20 bits per heavy atom. The van der Waals surface area contributed by atoms with Gasteiger partial charge in [0.25, 0.3) is 0 Å². The summed E-state index contributed by atoms with van der Waals surface area (Å²) >= 11 is 0. The summed E-state index contributed by atoms with van der Waals surface area (Å²) in [5.74, 6) is 1.89. The highest BCUT2D eigenvalue weighted by molar-refractivity contribution is 5.82. The molecule has 2 aliphatic rings. The number of aliphatic hydroxyl groups is 1. The molecule has 20 heavy (non-hydrogen) atoms. The molecule has 3 heteroatoms. The van der Waals surface area contributed by atoms with Gasteiger partial charge in [-0.3, -0.25) is 4.79 Å². The van der Waals surface area contributed by atoms with E-state index < -0.39 is 0 Å². The number of rotatable bonds is 3. The van der Waals surface area contributed by atoms with Gasteiger partial charge in [-0.15, -0.1) is 0 Å². The van der Waals surface area contributed by atoms with Crippen molar-refractivity contribution in [3.63, 3.8) is 0 Å². The van der Waals surface area contributed by atoms with Gasteiger partial charge >= 0.3 is 0 Å². The Morgan fingerprint density at radius 3 is 2.40 bits per heavy atom. The van der Waals surface area contributed by atoms with Crippen LogP contribution in [-0.4, -0.2) is 42.0 Å². The van der Waals surface area contributed by atoms with E-state index in [4.69, 9.17) is 0 Å². The van der Waals surface area contributed by atoms with Gasteiger partial charge in [0.1, 0.15) is 5.78 Å². The first-order valence-corrected chi connectivity index (χ1v) is 8.26.